The van der Waals surface area contributed by atoms with Crippen LogP contribution in [0, 0.1) is 13.8 Å². The van der Waals surface area contributed by atoms with Crippen molar-refractivity contribution in [2.24, 2.45) is 0 Å². The first-order chi connectivity index (χ1) is 21.7. The first-order valence-corrected chi connectivity index (χ1v) is 17.3. The summed E-state index contributed by atoms with van der Waals surface area (Å²) in [4.78, 5) is 12.5. The lowest BCUT2D eigenvalue weighted by Crippen LogP contribution is -2.02. The molecule has 0 bridgehead atoms. The fourth-order valence-electron chi connectivity index (χ4n) is 7.02. The zero-order chi connectivity index (χ0) is 29.6. The molecule has 0 aliphatic heterocycles. The van der Waals surface area contributed by atoms with Crippen LogP contribution in [-0.2, 0) is 13.1 Å². The van der Waals surface area contributed by atoms with E-state index in [0.29, 0.717) is 0 Å². The van der Waals surface area contributed by atoms with Gasteiger partial charge in [0.15, 0.2) is 0 Å². The smallest absolute Gasteiger partial charge is 0.0956 e. The number of aromatic nitrogens is 4. The van der Waals surface area contributed by atoms with Crippen LogP contribution in [0.25, 0.3) is 66.1 Å². The number of nitrogens with zero attached hydrogens (tertiary/aromatic N) is 4. The van der Waals surface area contributed by atoms with Gasteiger partial charge in [-0.3, -0.25) is 9.97 Å². The normalized spacial score (nSPS) is 12.0. The third-order valence-corrected chi connectivity index (χ3v) is 10.8. The molecule has 0 unspecified atom stereocenters. The molecule has 6 heterocycles. The van der Waals surface area contributed by atoms with Crippen LogP contribution in [0.1, 0.15) is 35.4 Å². The molecular weight excluding hydrogens is 577 g/mol. The largest absolute Gasteiger partial charge is 0.339 e. The van der Waals surface area contributed by atoms with Crippen molar-refractivity contribution in [1.82, 2.24) is 19.1 Å². The second kappa shape index (κ2) is 11.3. The molecular formula is C38H34N4S2. The van der Waals surface area contributed by atoms with Gasteiger partial charge >= 0.3 is 0 Å². The van der Waals surface area contributed by atoms with Gasteiger partial charge in [-0.05, 0) is 73.8 Å². The molecule has 6 aromatic heterocycles. The molecule has 8 aromatic rings. The summed E-state index contributed by atoms with van der Waals surface area (Å²) in [7, 11) is 0. The van der Waals surface area contributed by atoms with Crippen LogP contribution < -0.4 is 0 Å². The summed E-state index contributed by atoms with van der Waals surface area (Å²) >= 11 is 3.59. The Morgan fingerprint density at radius 3 is 1.41 bits per heavy atom. The molecule has 0 amide bonds. The lowest BCUT2D eigenvalue weighted by Gasteiger charge is -2.12. The van der Waals surface area contributed by atoms with Crippen LogP contribution in [0.4, 0.5) is 0 Å². The van der Waals surface area contributed by atoms with Crippen LogP contribution in [0.5, 0.6) is 0 Å². The number of fused-ring (bicyclic) bond motifs is 6. The Morgan fingerprint density at radius 2 is 0.977 bits per heavy atom. The molecule has 0 aliphatic rings. The predicted molar refractivity (Wildman–Crippen MR) is 189 cm³/mol. The van der Waals surface area contributed by atoms with E-state index < -0.39 is 0 Å². The Bertz CT molecular complexity index is 2120. The SMILES string of the molecule is Cc1sccc1-c1nccc2c3ccccc3n(CCCCCCn3c4ccccc4c4ccnc(-c5ccsc5C)c43)c12. The molecule has 6 heteroatoms. The third kappa shape index (κ3) is 4.47. The van der Waals surface area contributed by atoms with Gasteiger partial charge in [0.25, 0.3) is 0 Å². The highest BCUT2D eigenvalue weighted by molar-refractivity contribution is 7.10. The van der Waals surface area contributed by atoms with Crippen LogP contribution in [0.2, 0.25) is 0 Å². The lowest BCUT2D eigenvalue weighted by atomic mass is 10.1. The number of aryl methyl sites for hydroxylation is 4. The van der Waals surface area contributed by atoms with Gasteiger partial charge in [-0.1, -0.05) is 49.2 Å². The quantitative estimate of drug-likeness (QED) is 0.152. The summed E-state index contributed by atoms with van der Waals surface area (Å²) in [6.45, 7) is 6.38. The van der Waals surface area contributed by atoms with Gasteiger partial charge in [0.05, 0.1) is 22.4 Å². The molecule has 218 valence electrons. The summed E-state index contributed by atoms with van der Waals surface area (Å²) in [5.41, 5.74) is 9.86. The van der Waals surface area contributed by atoms with E-state index in [-0.39, 0.29) is 0 Å². The average Bonchev–Trinajstić information content (AvgIpc) is 3.83. The van der Waals surface area contributed by atoms with E-state index in [9.17, 15) is 0 Å². The van der Waals surface area contributed by atoms with Crippen molar-refractivity contribution in [2.75, 3.05) is 0 Å². The summed E-state index contributed by atoms with van der Waals surface area (Å²) < 4.78 is 5.05. The number of pyridine rings is 2. The number of thiophene rings is 2. The van der Waals surface area contributed by atoms with Gasteiger partial charge in [-0.25, -0.2) is 0 Å². The maximum absolute atomic E-state index is 4.91. The maximum Gasteiger partial charge on any atom is 0.0956 e. The summed E-state index contributed by atoms with van der Waals surface area (Å²) in [5.74, 6) is 0. The van der Waals surface area contributed by atoms with E-state index in [1.807, 2.05) is 12.4 Å². The van der Waals surface area contributed by atoms with Crippen LogP contribution in [0.3, 0.4) is 0 Å². The topological polar surface area (TPSA) is 35.6 Å². The summed E-state index contributed by atoms with van der Waals surface area (Å²) in [6, 6.07) is 26.5. The van der Waals surface area contributed by atoms with Crippen LogP contribution in [-0.4, -0.2) is 19.1 Å². The molecule has 0 fully saturated rings. The van der Waals surface area contributed by atoms with Gasteiger partial charge < -0.3 is 9.13 Å². The number of unbranched alkanes of at least 4 members (excludes halogenated alkanes) is 3. The number of para-hydroxylation sites is 2. The van der Waals surface area contributed by atoms with Crippen molar-refractivity contribution in [1.29, 1.82) is 0 Å². The highest BCUT2D eigenvalue weighted by atomic mass is 32.1. The van der Waals surface area contributed by atoms with E-state index in [1.165, 1.54) is 77.3 Å². The zero-order valence-electron chi connectivity index (χ0n) is 25.1. The van der Waals surface area contributed by atoms with Crippen molar-refractivity contribution < 1.29 is 0 Å². The molecule has 0 saturated heterocycles. The van der Waals surface area contributed by atoms with Gasteiger partial charge in [0.1, 0.15) is 0 Å². The van der Waals surface area contributed by atoms with E-state index in [1.54, 1.807) is 22.7 Å². The standard InChI is InChI=1S/C38H34N4S2/c1-25-27(17-23-43-25)35-37-31(15-19-39-35)29-11-5-7-13-33(29)41(37)21-9-3-4-10-22-42-34-14-8-6-12-30(34)32-16-20-40-36(38(32)42)28-18-24-44-26(28)2/h5-8,11-20,23-24H,3-4,9-10,21-22H2,1-2H3. The van der Waals surface area contributed by atoms with Crippen molar-refractivity contribution in [3.63, 3.8) is 0 Å². The highest BCUT2D eigenvalue weighted by Crippen LogP contribution is 2.39. The minimum atomic E-state index is 0.993. The Hall–Kier alpha value is -4.26. The van der Waals surface area contributed by atoms with Crippen LogP contribution in [0.15, 0.2) is 96.0 Å². The Labute approximate surface area is 265 Å². The average molecular weight is 611 g/mol. The molecule has 0 N–H and O–H groups in total. The van der Waals surface area contributed by atoms with E-state index in [4.69, 9.17) is 9.97 Å². The van der Waals surface area contributed by atoms with Crippen LogP contribution >= 0.6 is 22.7 Å². The second-order valence-electron chi connectivity index (χ2n) is 11.6. The minimum Gasteiger partial charge on any atom is -0.339 e. The van der Waals surface area contributed by atoms with Gasteiger partial charge in [-0.2, -0.15) is 0 Å². The molecule has 0 atom stereocenters. The Balaban J connectivity index is 1.05. The maximum atomic E-state index is 4.91. The Kier molecular flexibility index (Phi) is 7.04. The van der Waals surface area contributed by atoms with E-state index >= 15 is 0 Å². The third-order valence-electron chi connectivity index (χ3n) is 9.10. The van der Waals surface area contributed by atoms with E-state index in [2.05, 4.69) is 107 Å². The molecule has 0 radical (unpaired) electrons. The van der Waals surface area contributed by atoms with Crippen molar-refractivity contribution in [3.8, 4) is 22.5 Å². The predicted octanol–water partition coefficient (Wildman–Crippen LogP) is 11.0. The molecule has 2 aromatic carbocycles. The van der Waals surface area contributed by atoms with Crippen molar-refractivity contribution in [2.45, 2.75) is 52.6 Å². The van der Waals surface area contributed by atoms with Gasteiger partial charge in [0, 0.05) is 78.9 Å². The molecule has 8 rings (SSSR count). The fraction of sp³-hybridized carbons (Fsp3) is 0.211. The molecule has 4 nitrogen and oxygen atoms in total. The Morgan fingerprint density at radius 1 is 0.523 bits per heavy atom. The van der Waals surface area contributed by atoms with Gasteiger partial charge in [-0.15, -0.1) is 22.7 Å². The van der Waals surface area contributed by atoms with E-state index in [0.717, 1.165) is 37.3 Å². The highest BCUT2D eigenvalue weighted by Gasteiger charge is 2.19. The minimum absolute atomic E-state index is 0.993. The zero-order valence-corrected chi connectivity index (χ0v) is 26.7. The fourth-order valence-corrected chi connectivity index (χ4v) is 8.42. The first kappa shape index (κ1) is 27.3. The van der Waals surface area contributed by atoms with Crippen molar-refractivity contribution >= 4 is 66.3 Å². The molecule has 0 aliphatic carbocycles. The number of hydrogen-bond donors (Lipinski definition) is 0. The number of hydrogen-bond acceptors (Lipinski definition) is 4. The molecule has 44 heavy (non-hydrogen) atoms. The second-order valence-corrected chi connectivity index (χ2v) is 13.9. The first-order valence-electron chi connectivity index (χ1n) is 15.5. The van der Waals surface area contributed by atoms with Gasteiger partial charge in [0.2, 0.25) is 0 Å². The lowest BCUT2D eigenvalue weighted by molar-refractivity contribution is 0.559. The number of rotatable bonds is 9. The summed E-state index contributed by atoms with van der Waals surface area (Å²) in [5, 5.41) is 9.58. The number of benzene rings is 2. The monoisotopic (exact) mass is 610 g/mol. The van der Waals surface area contributed by atoms with Crippen molar-refractivity contribution in [3.05, 3.63) is 106 Å². The molecule has 0 saturated carbocycles. The summed E-state index contributed by atoms with van der Waals surface area (Å²) in [6.07, 6.45) is 8.60. The molecule has 0 spiro atoms.